The number of carbonyl (C=O) groups excluding carboxylic acids is 1. The van der Waals surface area contributed by atoms with Crippen LogP contribution in [-0.4, -0.2) is 49.2 Å². The Morgan fingerprint density at radius 1 is 1.15 bits per heavy atom. The third-order valence-corrected chi connectivity index (χ3v) is 4.26. The minimum atomic E-state index is -0.256. The van der Waals surface area contributed by atoms with Crippen LogP contribution in [0.1, 0.15) is 35.6 Å². The lowest BCUT2D eigenvalue weighted by Gasteiger charge is -2.22. The lowest BCUT2D eigenvalue weighted by atomic mass is 10.1. The molecule has 0 fully saturated rings. The molecule has 27 heavy (non-hydrogen) atoms. The molecule has 7 heteroatoms. The van der Waals surface area contributed by atoms with E-state index in [1.54, 1.807) is 13.2 Å². The molecule has 0 bridgehead atoms. The van der Waals surface area contributed by atoms with Crippen molar-refractivity contribution in [2.45, 2.75) is 27.7 Å². The van der Waals surface area contributed by atoms with E-state index in [4.69, 9.17) is 4.74 Å². The van der Waals surface area contributed by atoms with Gasteiger partial charge in [0.1, 0.15) is 5.69 Å². The Hall–Kier alpha value is -2.67. The molecule has 0 saturated heterocycles. The number of amides is 1. The van der Waals surface area contributed by atoms with Crippen LogP contribution in [0.3, 0.4) is 0 Å². The van der Waals surface area contributed by atoms with Gasteiger partial charge >= 0.3 is 0 Å². The standard InChI is InChI=1S/C20H29N5O2/c1-6-25(7-2)16-8-9-17(14(3)12-16)23-19(26)18-13-15(4)22-20(24-18)21-10-11-27-5/h8-9,12-13H,6-7,10-11H2,1-5H3,(H,23,26)(H,21,22,24). The highest BCUT2D eigenvalue weighted by Gasteiger charge is 2.13. The fourth-order valence-corrected chi connectivity index (χ4v) is 2.79. The molecule has 0 unspecified atom stereocenters. The molecule has 0 aliphatic heterocycles. The number of nitrogens with one attached hydrogen (secondary N) is 2. The smallest absolute Gasteiger partial charge is 0.274 e. The van der Waals surface area contributed by atoms with E-state index in [2.05, 4.69) is 45.4 Å². The Bertz CT molecular complexity index is 775. The summed E-state index contributed by atoms with van der Waals surface area (Å²) in [6, 6.07) is 7.73. The van der Waals surface area contributed by atoms with Crippen molar-refractivity contribution in [1.29, 1.82) is 0 Å². The lowest BCUT2D eigenvalue weighted by Crippen LogP contribution is -2.22. The average molecular weight is 371 g/mol. The van der Waals surface area contributed by atoms with Crippen molar-refractivity contribution in [2.24, 2.45) is 0 Å². The molecular formula is C20H29N5O2. The average Bonchev–Trinajstić information content (AvgIpc) is 2.64. The van der Waals surface area contributed by atoms with E-state index in [1.807, 2.05) is 26.0 Å². The summed E-state index contributed by atoms with van der Waals surface area (Å²) in [6.45, 7) is 11.1. The summed E-state index contributed by atoms with van der Waals surface area (Å²) >= 11 is 0. The molecule has 0 atom stereocenters. The number of aryl methyl sites for hydroxylation is 2. The first-order valence-corrected chi connectivity index (χ1v) is 9.23. The second kappa shape index (κ2) is 9.87. The van der Waals surface area contributed by atoms with E-state index in [-0.39, 0.29) is 5.91 Å². The maximum absolute atomic E-state index is 12.7. The van der Waals surface area contributed by atoms with E-state index in [1.165, 1.54) is 0 Å². The zero-order valence-electron chi connectivity index (χ0n) is 16.8. The quantitative estimate of drug-likeness (QED) is 0.659. The summed E-state index contributed by atoms with van der Waals surface area (Å²) in [7, 11) is 1.63. The van der Waals surface area contributed by atoms with Crippen LogP contribution in [0.15, 0.2) is 24.3 Å². The molecule has 2 rings (SSSR count). The van der Waals surface area contributed by atoms with Crippen LogP contribution < -0.4 is 15.5 Å². The second-order valence-corrected chi connectivity index (χ2v) is 6.26. The van der Waals surface area contributed by atoms with Crippen LogP contribution in [0.5, 0.6) is 0 Å². The summed E-state index contributed by atoms with van der Waals surface area (Å²) in [4.78, 5) is 23.5. The number of aromatic nitrogens is 2. The van der Waals surface area contributed by atoms with Crippen LogP contribution >= 0.6 is 0 Å². The number of ether oxygens (including phenoxy) is 1. The highest BCUT2D eigenvalue weighted by Crippen LogP contribution is 2.23. The van der Waals surface area contributed by atoms with Crippen molar-refractivity contribution in [3.63, 3.8) is 0 Å². The number of anilines is 3. The molecule has 0 aliphatic rings. The third-order valence-electron chi connectivity index (χ3n) is 4.26. The van der Waals surface area contributed by atoms with Gasteiger partial charge < -0.3 is 20.3 Å². The number of methoxy groups -OCH3 is 1. The van der Waals surface area contributed by atoms with Crippen LogP contribution in [0.2, 0.25) is 0 Å². The Morgan fingerprint density at radius 3 is 2.52 bits per heavy atom. The summed E-state index contributed by atoms with van der Waals surface area (Å²) in [5, 5.41) is 6.01. The van der Waals surface area contributed by atoms with Gasteiger partial charge in [-0.05, 0) is 57.5 Å². The Kier molecular flexibility index (Phi) is 7.55. The van der Waals surface area contributed by atoms with Gasteiger partial charge in [0.2, 0.25) is 5.95 Å². The zero-order chi connectivity index (χ0) is 19.8. The molecular weight excluding hydrogens is 342 g/mol. The van der Waals surface area contributed by atoms with Gasteiger partial charge in [0.05, 0.1) is 6.61 Å². The van der Waals surface area contributed by atoms with Gasteiger partial charge in [0, 0.05) is 43.8 Å². The van der Waals surface area contributed by atoms with E-state index in [9.17, 15) is 4.79 Å². The topological polar surface area (TPSA) is 79.4 Å². The Balaban J connectivity index is 2.15. The van der Waals surface area contributed by atoms with Crippen LogP contribution in [-0.2, 0) is 4.74 Å². The van der Waals surface area contributed by atoms with Crippen LogP contribution in [0, 0.1) is 13.8 Å². The van der Waals surface area contributed by atoms with E-state index >= 15 is 0 Å². The van der Waals surface area contributed by atoms with Gasteiger partial charge in [-0.2, -0.15) is 0 Å². The van der Waals surface area contributed by atoms with Gasteiger partial charge in [-0.1, -0.05) is 0 Å². The zero-order valence-corrected chi connectivity index (χ0v) is 16.8. The molecule has 2 aromatic rings. The molecule has 1 aromatic carbocycles. The highest BCUT2D eigenvalue weighted by atomic mass is 16.5. The second-order valence-electron chi connectivity index (χ2n) is 6.26. The van der Waals surface area contributed by atoms with E-state index in [0.717, 1.165) is 35.7 Å². The lowest BCUT2D eigenvalue weighted by molar-refractivity contribution is 0.102. The van der Waals surface area contributed by atoms with E-state index in [0.29, 0.717) is 24.8 Å². The van der Waals surface area contributed by atoms with Crippen molar-refractivity contribution < 1.29 is 9.53 Å². The first-order valence-electron chi connectivity index (χ1n) is 9.23. The van der Waals surface area contributed by atoms with Crippen molar-refractivity contribution in [2.75, 3.05) is 48.9 Å². The summed E-state index contributed by atoms with van der Waals surface area (Å²) in [5.74, 6) is 0.166. The van der Waals surface area contributed by atoms with Crippen molar-refractivity contribution in [1.82, 2.24) is 9.97 Å². The fourth-order valence-electron chi connectivity index (χ4n) is 2.79. The third kappa shape index (κ3) is 5.65. The number of carbonyl (C=O) groups is 1. The van der Waals surface area contributed by atoms with Gasteiger partial charge in [-0.25, -0.2) is 9.97 Å². The van der Waals surface area contributed by atoms with Gasteiger partial charge in [0.25, 0.3) is 5.91 Å². The van der Waals surface area contributed by atoms with E-state index < -0.39 is 0 Å². The Labute approximate surface area is 161 Å². The summed E-state index contributed by atoms with van der Waals surface area (Å²) < 4.78 is 5.01. The molecule has 0 aliphatic carbocycles. The number of benzene rings is 1. The van der Waals surface area contributed by atoms with Gasteiger partial charge in [0.15, 0.2) is 0 Å². The molecule has 1 aromatic heterocycles. The summed E-state index contributed by atoms with van der Waals surface area (Å²) in [6.07, 6.45) is 0. The fraction of sp³-hybridized carbons (Fsp3) is 0.450. The number of hydrogen-bond acceptors (Lipinski definition) is 6. The SMILES string of the molecule is CCN(CC)c1ccc(NC(=O)c2cc(C)nc(NCCOC)n2)c(C)c1. The minimum absolute atomic E-state index is 0.256. The first kappa shape index (κ1) is 20.6. The molecule has 146 valence electrons. The molecule has 1 amide bonds. The molecule has 2 N–H and O–H groups in total. The number of hydrogen-bond donors (Lipinski definition) is 2. The van der Waals surface area contributed by atoms with Crippen molar-refractivity contribution in [3.8, 4) is 0 Å². The van der Waals surface area contributed by atoms with Crippen LogP contribution in [0.4, 0.5) is 17.3 Å². The maximum Gasteiger partial charge on any atom is 0.274 e. The molecule has 0 radical (unpaired) electrons. The van der Waals surface area contributed by atoms with Gasteiger partial charge in [-0.3, -0.25) is 4.79 Å². The number of nitrogens with zero attached hydrogens (tertiary/aromatic N) is 3. The first-order chi connectivity index (χ1) is 13.0. The largest absolute Gasteiger partial charge is 0.383 e. The molecule has 7 nitrogen and oxygen atoms in total. The highest BCUT2D eigenvalue weighted by molar-refractivity contribution is 6.03. The normalized spacial score (nSPS) is 10.6. The predicted octanol–water partition coefficient (Wildman–Crippen LogP) is 3.25. The molecule has 0 spiro atoms. The molecule has 1 heterocycles. The maximum atomic E-state index is 12.7. The Morgan fingerprint density at radius 2 is 1.89 bits per heavy atom. The van der Waals surface area contributed by atoms with Crippen LogP contribution in [0.25, 0.3) is 0 Å². The van der Waals surface area contributed by atoms with Gasteiger partial charge in [-0.15, -0.1) is 0 Å². The minimum Gasteiger partial charge on any atom is -0.383 e. The predicted molar refractivity (Wildman–Crippen MR) is 110 cm³/mol. The monoisotopic (exact) mass is 371 g/mol. The summed E-state index contributed by atoms with van der Waals surface area (Å²) in [5.41, 5.74) is 3.99. The molecule has 0 saturated carbocycles. The van der Waals surface area contributed by atoms with Crippen molar-refractivity contribution in [3.05, 3.63) is 41.2 Å². The number of rotatable bonds is 9. The van der Waals surface area contributed by atoms with Crippen molar-refractivity contribution >= 4 is 23.2 Å².